The normalized spacial score (nSPS) is 11.3. The average molecular weight is 842 g/mol. The fraction of sp³-hybridized carbons (Fsp3) is 0. The fourth-order valence-corrected chi connectivity index (χ4v) is 9.78. The van der Waals surface area contributed by atoms with Gasteiger partial charge in [-0.15, -0.1) is 0 Å². The van der Waals surface area contributed by atoms with Gasteiger partial charge in [-0.25, -0.2) is 0 Å². The molecule has 66 heavy (non-hydrogen) atoms. The lowest BCUT2D eigenvalue weighted by Gasteiger charge is -2.29. The van der Waals surface area contributed by atoms with Crippen molar-refractivity contribution in [1.29, 1.82) is 0 Å². The molecule has 1 aromatic heterocycles. The molecule has 0 bridgehead atoms. The Morgan fingerprint density at radius 2 is 0.788 bits per heavy atom. The standard InChI is InChI=1S/C64H43NO/c1-3-18-44(19-4-1)48-38-41-57(61(43-48)46-20-5-2-6-21-46)55-27-9-10-28-56(55)58-29-11-13-34-62(58)65(50-39-36-47(37-40-50)53-31-16-23-45-22-7-8-26-52(45)53)51-25-15-24-49(42-51)54-32-17-33-60-59-30-12-14-35-63(59)66-64(54)60/h1-43H. The number of para-hydroxylation sites is 3. The second kappa shape index (κ2) is 16.8. The summed E-state index contributed by atoms with van der Waals surface area (Å²) in [5, 5.41) is 4.71. The van der Waals surface area contributed by atoms with Crippen molar-refractivity contribution in [3.05, 3.63) is 261 Å². The molecule has 0 saturated heterocycles. The molecule has 0 amide bonds. The molecule has 0 fully saturated rings. The van der Waals surface area contributed by atoms with Crippen LogP contribution in [0.2, 0.25) is 0 Å². The summed E-state index contributed by atoms with van der Waals surface area (Å²) in [6.45, 7) is 0. The minimum atomic E-state index is 0.890. The third kappa shape index (κ3) is 7.02. The predicted octanol–water partition coefficient (Wildman–Crippen LogP) is 18.2. The molecule has 0 N–H and O–H groups in total. The van der Waals surface area contributed by atoms with Crippen LogP contribution >= 0.6 is 0 Å². The minimum Gasteiger partial charge on any atom is -0.455 e. The van der Waals surface area contributed by atoms with E-state index in [-0.39, 0.29) is 0 Å². The quantitative estimate of drug-likeness (QED) is 0.144. The molecular formula is C64H43NO. The summed E-state index contributed by atoms with van der Waals surface area (Å²) < 4.78 is 6.59. The zero-order valence-electron chi connectivity index (χ0n) is 36.2. The number of anilines is 3. The first-order valence-corrected chi connectivity index (χ1v) is 22.6. The van der Waals surface area contributed by atoms with Crippen LogP contribution < -0.4 is 4.90 Å². The molecule has 1 heterocycles. The first-order chi connectivity index (χ1) is 32.7. The lowest BCUT2D eigenvalue weighted by molar-refractivity contribution is 0.670. The summed E-state index contributed by atoms with van der Waals surface area (Å²) in [6.07, 6.45) is 0. The molecule has 2 nitrogen and oxygen atoms in total. The highest BCUT2D eigenvalue weighted by Gasteiger charge is 2.22. The van der Waals surface area contributed by atoms with Crippen molar-refractivity contribution in [3.8, 4) is 66.8 Å². The molecule has 310 valence electrons. The zero-order valence-corrected chi connectivity index (χ0v) is 36.2. The third-order valence-corrected chi connectivity index (χ3v) is 12.9. The molecule has 0 aliphatic rings. The Kier molecular flexibility index (Phi) is 9.89. The first kappa shape index (κ1) is 38.9. The molecule has 0 aliphatic carbocycles. The molecule has 12 rings (SSSR count). The van der Waals surface area contributed by atoms with Gasteiger partial charge in [-0.1, -0.05) is 218 Å². The highest BCUT2D eigenvalue weighted by molar-refractivity contribution is 6.10. The number of hydrogen-bond acceptors (Lipinski definition) is 2. The van der Waals surface area contributed by atoms with Gasteiger partial charge in [-0.3, -0.25) is 0 Å². The van der Waals surface area contributed by atoms with E-state index in [4.69, 9.17) is 4.42 Å². The molecule has 0 aliphatic heterocycles. The van der Waals surface area contributed by atoms with Crippen molar-refractivity contribution in [2.75, 3.05) is 4.90 Å². The van der Waals surface area contributed by atoms with Crippen molar-refractivity contribution >= 4 is 49.8 Å². The van der Waals surface area contributed by atoms with Crippen molar-refractivity contribution in [3.63, 3.8) is 0 Å². The topological polar surface area (TPSA) is 16.4 Å². The van der Waals surface area contributed by atoms with Crippen LogP contribution in [-0.4, -0.2) is 0 Å². The van der Waals surface area contributed by atoms with Crippen molar-refractivity contribution in [2.45, 2.75) is 0 Å². The monoisotopic (exact) mass is 841 g/mol. The number of benzene rings is 11. The Labute approximate surface area is 384 Å². The first-order valence-electron chi connectivity index (χ1n) is 22.6. The van der Waals surface area contributed by atoms with Crippen LogP contribution in [0.15, 0.2) is 265 Å². The molecule has 0 saturated carbocycles. The van der Waals surface area contributed by atoms with E-state index < -0.39 is 0 Å². The van der Waals surface area contributed by atoms with Gasteiger partial charge >= 0.3 is 0 Å². The minimum absolute atomic E-state index is 0.890. The van der Waals surface area contributed by atoms with Crippen LogP contribution in [0.1, 0.15) is 0 Å². The highest BCUT2D eigenvalue weighted by Crippen LogP contribution is 2.47. The summed E-state index contributed by atoms with van der Waals surface area (Å²) >= 11 is 0. The fourth-order valence-electron chi connectivity index (χ4n) is 9.78. The van der Waals surface area contributed by atoms with Crippen molar-refractivity contribution < 1.29 is 4.42 Å². The maximum absolute atomic E-state index is 6.59. The van der Waals surface area contributed by atoms with Gasteiger partial charge in [0.05, 0.1) is 5.69 Å². The molecular weight excluding hydrogens is 799 g/mol. The largest absolute Gasteiger partial charge is 0.455 e. The molecule has 0 spiro atoms. The SMILES string of the molecule is c1ccc(-c2ccc(-c3ccccc3-c3ccccc3N(c3ccc(-c4cccc5ccccc45)cc3)c3cccc(-c4cccc5c4oc4ccccc45)c3)c(-c3ccccc3)c2)cc1. The van der Waals surface area contributed by atoms with Gasteiger partial charge in [0, 0.05) is 33.3 Å². The van der Waals surface area contributed by atoms with Gasteiger partial charge in [0.25, 0.3) is 0 Å². The molecule has 0 atom stereocenters. The van der Waals surface area contributed by atoms with Crippen LogP contribution in [0.4, 0.5) is 17.1 Å². The van der Waals surface area contributed by atoms with Crippen LogP contribution in [0.5, 0.6) is 0 Å². The summed E-state index contributed by atoms with van der Waals surface area (Å²) in [5.41, 5.74) is 18.9. The van der Waals surface area contributed by atoms with Gasteiger partial charge in [-0.2, -0.15) is 0 Å². The lowest BCUT2D eigenvalue weighted by Crippen LogP contribution is -2.11. The summed E-state index contributed by atoms with van der Waals surface area (Å²) in [7, 11) is 0. The highest BCUT2D eigenvalue weighted by atomic mass is 16.3. The van der Waals surface area contributed by atoms with Crippen molar-refractivity contribution in [2.24, 2.45) is 0 Å². The Morgan fingerprint density at radius 1 is 0.258 bits per heavy atom. The average Bonchev–Trinajstić information content (AvgIpc) is 3.79. The third-order valence-electron chi connectivity index (χ3n) is 12.9. The number of fused-ring (bicyclic) bond motifs is 4. The number of rotatable bonds is 9. The van der Waals surface area contributed by atoms with E-state index in [1.54, 1.807) is 0 Å². The predicted molar refractivity (Wildman–Crippen MR) is 279 cm³/mol. The van der Waals surface area contributed by atoms with E-state index in [9.17, 15) is 0 Å². The summed E-state index contributed by atoms with van der Waals surface area (Å²) in [6, 6.07) is 93.9. The van der Waals surface area contributed by atoms with Crippen LogP contribution in [0.25, 0.3) is 99.5 Å². The van der Waals surface area contributed by atoms with E-state index in [1.807, 2.05) is 6.07 Å². The number of furan rings is 1. The van der Waals surface area contributed by atoms with Crippen LogP contribution in [-0.2, 0) is 0 Å². The maximum Gasteiger partial charge on any atom is 0.143 e. The van der Waals surface area contributed by atoms with Gasteiger partial charge in [0.1, 0.15) is 11.2 Å². The van der Waals surface area contributed by atoms with E-state index >= 15 is 0 Å². The Balaban J connectivity index is 1.04. The Bertz CT molecular complexity index is 3690. The summed E-state index contributed by atoms with van der Waals surface area (Å²) in [5.74, 6) is 0. The van der Waals surface area contributed by atoms with E-state index in [1.165, 1.54) is 55.3 Å². The summed E-state index contributed by atoms with van der Waals surface area (Å²) in [4.78, 5) is 2.41. The molecule has 11 aromatic carbocycles. The lowest BCUT2D eigenvalue weighted by atomic mass is 9.87. The smallest absolute Gasteiger partial charge is 0.143 e. The Morgan fingerprint density at radius 3 is 1.61 bits per heavy atom. The second-order valence-electron chi connectivity index (χ2n) is 16.8. The zero-order chi connectivity index (χ0) is 43.8. The van der Waals surface area contributed by atoms with Gasteiger partial charge in [0.2, 0.25) is 0 Å². The van der Waals surface area contributed by atoms with E-state index in [0.29, 0.717) is 0 Å². The molecule has 0 unspecified atom stereocenters. The van der Waals surface area contributed by atoms with E-state index in [2.05, 4.69) is 260 Å². The molecule has 12 aromatic rings. The second-order valence-corrected chi connectivity index (χ2v) is 16.8. The number of hydrogen-bond donors (Lipinski definition) is 0. The molecule has 2 heteroatoms. The Hall–Kier alpha value is -8.72. The van der Waals surface area contributed by atoms with Gasteiger partial charge in [-0.05, 0) is 109 Å². The van der Waals surface area contributed by atoms with Crippen molar-refractivity contribution in [1.82, 2.24) is 0 Å². The van der Waals surface area contributed by atoms with Gasteiger partial charge in [0.15, 0.2) is 0 Å². The van der Waals surface area contributed by atoms with Gasteiger partial charge < -0.3 is 9.32 Å². The number of nitrogens with zero attached hydrogens (tertiary/aromatic N) is 1. The van der Waals surface area contributed by atoms with Crippen LogP contribution in [0, 0.1) is 0 Å². The maximum atomic E-state index is 6.59. The van der Waals surface area contributed by atoms with Crippen LogP contribution in [0.3, 0.4) is 0 Å². The molecule has 0 radical (unpaired) electrons. The van der Waals surface area contributed by atoms with E-state index in [0.717, 1.165) is 61.3 Å².